The summed E-state index contributed by atoms with van der Waals surface area (Å²) in [6.07, 6.45) is 0. The third kappa shape index (κ3) is 2.44. The SMILES string of the molecule is Cc1cccc(F)c1Nc1ccc(C#N)cc1Cl. The molecule has 0 amide bonds. The van der Waals surface area contributed by atoms with Crippen molar-refractivity contribution < 1.29 is 4.39 Å². The van der Waals surface area contributed by atoms with Crippen molar-refractivity contribution in [2.24, 2.45) is 0 Å². The number of aryl methyl sites for hydroxylation is 1. The first-order chi connectivity index (χ1) is 8.61. The Bertz CT molecular complexity index is 612. The highest BCUT2D eigenvalue weighted by Gasteiger charge is 2.08. The predicted octanol–water partition coefficient (Wildman–Crippen LogP) is 4.40. The van der Waals surface area contributed by atoms with Gasteiger partial charge in [-0.2, -0.15) is 5.26 Å². The summed E-state index contributed by atoms with van der Waals surface area (Å²) in [4.78, 5) is 0. The maximum Gasteiger partial charge on any atom is 0.146 e. The Morgan fingerprint density at radius 1 is 1.28 bits per heavy atom. The van der Waals surface area contributed by atoms with Gasteiger partial charge in [-0.1, -0.05) is 23.7 Å². The zero-order valence-electron chi connectivity index (χ0n) is 9.67. The lowest BCUT2D eigenvalue weighted by Crippen LogP contribution is -1.97. The van der Waals surface area contributed by atoms with E-state index in [1.165, 1.54) is 6.07 Å². The molecule has 2 nitrogen and oxygen atoms in total. The third-order valence-electron chi connectivity index (χ3n) is 2.58. The second-order valence-electron chi connectivity index (χ2n) is 3.86. The van der Waals surface area contributed by atoms with Crippen LogP contribution in [0.4, 0.5) is 15.8 Å². The molecule has 0 aliphatic rings. The number of hydrogen-bond donors (Lipinski definition) is 1. The summed E-state index contributed by atoms with van der Waals surface area (Å²) in [7, 11) is 0. The number of para-hydroxylation sites is 1. The third-order valence-corrected chi connectivity index (χ3v) is 2.89. The van der Waals surface area contributed by atoms with E-state index in [1.807, 2.05) is 19.1 Å². The van der Waals surface area contributed by atoms with E-state index >= 15 is 0 Å². The zero-order valence-corrected chi connectivity index (χ0v) is 10.4. The molecule has 0 saturated heterocycles. The molecule has 0 aliphatic carbocycles. The number of anilines is 2. The summed E-state index contributed by atoms with van der Waals surface area (Å²) in [5.41, 5.74) is 2.22. The van der Waals surface area contributed by atoms with Crippen LogP contribution < -0.4 is 5.32 Å². The number of nitrogens with zero attached hydrogens (tertiary/aromatic N) is 1. The molecule has 2 rings (SSSR count). The van der Waals surface area contributed by atoms with Crippen LogP contribution in [-0.4, -0.2) is 0 Å². The van der Waals surface area contributed by atoms with Gasteiger partial charge in [-0.25, -0.2) is 4.39 Å². The first-order valence-corrected chi connectivity index (χ1v) is 5.71. The quantitative estimate of drug-likeness (QED) is 0.869. The number of rotatable bonds is 2. The second kappa shape index (κ2) is 5.07. The van der Waals surface area contributed by atoms with Crippen molar-refractivity contribution >= 4 is 23.0 Å². The van der Waals surface area contributed by atoms with Crippen LogP contribution in [0.5, 0.6) is 0 Å². The van der Waals surface area contributed by atoms with Gasteiger partial charge in [0.1, 0.15) is 5.82 Å². The minimum atomic E-state index is -0.338. The number of hydrogen-bond acceptors (Lipinski definition) is 2. The molecule has 0 fully saturated rings. The molecule has 0 heterocycles. The molecule has 0 spiro atoms. The van der Waals surface area contributed by atoms with Gasteiger partial charge >= 0.3 is 0 Å². The highest BCUT2D eigenvalue weighted by molar-refractivity contribution is 6.33. The lowest BCUT2D eigenvalue weighted by Gasteiger charge is -2.12. The monoisotopic (exact) mass is 260 g/mol. The molecule has 2 aromatic rings. The van der Waals surface area contributed by atoms with Gasteiger partial charge in [0, 0.05) is 0 Å². The van der Waals surface area contributed by atoms with Gasteiger partial charge in [-0.05, 0) is 36.8 Å². The van der Waals surface area contributed by atoms with Crippen LogP contribution in [0.1, 0.15) is 11.1 Å². The van der Waals surface area contributed by atoms with Crippen LogP contribution in [0, 0.1) is 24.1 Å². The highest BCUT2D eigenvalue weighted by atomic mass is 35.5. The summed E-state index contributed by atoms with van der Waals surface area (Å²) >= 11 is 6.03. The number of nitrogens with one attached hydrogen (secondary N) is 1. The van der Waals surface area contributed by atoms with Crippen LogP contribution in [0.25, 0.3) is 0 Å². The number of benzene rings is 2. The second-order valence-corrected chi connectivity index (χ2v) is 4.27. The van der Waals surface area contributed by atoms with Gasteiger partial charge in [0.05, 0.1) is 28.0 Å². The zero-order chi connectivity index (χ0) is 13.1. The van der Waals surface area contributed by atoms with E-state index < -0.39 is 0 Å². The van der Waals surface area contributed by atoms with Crippen LogP contribution in [0.3, 0.4) is 0 Å². The van der Waals surface area contributed by atoms with Crippen molar-refractivity contribution in [3.05, 3.63) is 58.4 Å². The highest BCUT2D eigenvalue weighted by Crippen LogP contribution is 2.29. The van der Waals surface area contributed by atoms with Crippen LogP contribution in [0.2, 0.25) is 5.02 Å². The Morgan fingerprint density at radius 3 is 2.67 bits per heavy atom. The summed E-state index contributed by atoms with van der Waals surface area (Å²) in [6, 6.07) is 11.7. The van der Waals surface area contributed by atoms with Gasteiger partial charge in [-0.3, -0.25) is 0 Å². The maximum absolute atomic E-state index is 13.7. The van der Waals surface area contributed by atoms with E-state index in [0.717, 1.165) is 5.56 Å². The summed E-state index contributed by atoms with van der Waals surface area (Å²) in [6.45, 7) is 1.81. The van der Waals surface area contributed by atoms with E-state index in [4.69, 9.17) is 16.9 Å². The molecular weight excluding hydrogens is 251 g/mol. The van der Waals surface area contributed by atoms with Crippen LogP contribution in [0.15, 0.2) is 36.4 Å². The van der Waals surface area contributed by atoms with Gasteiger partial charge in [0.15, 0.2) is 0 Å². The van der Waals surface area contributed by atoms with Crippen molar-refractivity contribution in [3.8, 4) is 6.07 Å². The molecule has 18 heavy (non-hydrogen) atoms. The molecule has 2 aromatic carbocycles. The molecule has 0 saturated carbocycles. The first-order valence-electron chi connectivity index (χ1n) is 5.33. The van der Waals surface area contributed by atoms with Crippen LogP contribution in [-0.2, 0) is 0 Å². The average Bonchev–Trinajstić information content (AvgIpc) is 2.35. The fourth-order valence-corrected chi connectivity index (χ4v) is 1.84. The summed E-state index contributed by atoms with van der Waals surface area (Å²) < 4.78 is 13.7. The van der Waals surface area contributed by atoms with Gasteiger partial charge < -0.3 is 5.32 Å². The minimum absolute atomic E-state index is 0.338. The first kappa shape index (κ1) is 12.4. The fraction of sp³-hybridized carbons (Fsp3) is 0.0714. The Hall–Kier alpha value is -2.05. The summed E-state index contributed by atoms with van der Waals surface area (Å²) in [5, 5.41) is 12.1. The minimum Gasteiger partial charge on any atom is -0.352 e. The van der Waals surface area contributed by atoms with Gasteiger partial charge in [-0.15, -0.1) is 0 Å². The fourth-order valence-electron chi connectivity index (χ4n) is 1.61. The molecular formula is C14H10ClFN2. The average molecular weight is 261 g/mol. The van der Waals surface area contributed by atoms with Crippen molar-refractivity contribution in [1.29, 1.82) is 5.26 Å². The largest absolute Gasteiger partial charge is 0.352 e. The maximum atomic E-state index is 13.7. The van der Waals surface area contributed by atoms with Crippen molar-refractivity contribution in [2.45, 2.75) is 6.92 Å². The van der Waals surface area contributed by atoms with Crippen molar-refractivity contribution in [3.63, 3.8) is 0 Å². The molecule has 90 valence electrons. The molecule has 0 unspecified atom stereocenters. The summed E-state index contributed by atoms with van der Waals surface area (Å²) in [5.74, 6) is -0.338. The lowest BCUT2D eigenvalue weighted by atomic mass is 10.1. The molecule has 0 atom stereocenters. The van der Waals surface area contributed by atoms with Gasteiger partial charge in [0.25, 0.3) is 0 Å². The molecule has 0 aliphatic heterocycles. The van der Waals surface area contributed by atoms with Crippen molar-refractivity contribution in [1.82, 2.24) is 0 Å². The molecule has 0 bridgehead atoms. The van der Waals surface area contributed by atoms with Crippen LogP contribution >= 0.6 is 11.6 Å². The standard InChI is InChI=1S/C14H10ClFN2/c1-9-3-2-4-12(16)14(9)18-13-6-5-10(8-17)7-11(13)15/h2-7,18H,1H3. The van der Waals surface area contributed by atoms with E-state index in [9.17, 15) is 4.39 Å². The predicted molar refractivity (Wildman–Crippen MR) is 70.6 cm³/mol. The Kier molecular flexibility index (Phi) is 3.50. The molecule has 1 N–H and O–H groups in total. The smallest absolute Gasteiger partial charge is 0.146 e. The Morgan fingerprint density at radius 2 is 2.06 bits per heavy atom. The Balaban J connectivity index is 2.38. The number of halogens is 2. The van der Waals surface area contributed by atoms with E-state index in [1.54, 1.807) is 24.3 Å². The van der Waals surface area contributed by atoms with E-state index in [-0.39, 0.29) is 5.82 Å². The molecule has 4 heteroatoms. The Labute approximate surface area is 110 Å². The normalized spacial score (nSPS) is 9.89. The lowest BCUT2D eigenvalue weighted by molar-refractivity contribution is 0.631. The van der Waals surface area contributed by atoms with E-state index in [2.05, 4.69) is 5.32 Å². The van der Waals surface area contributed by atoms with E-state index in [0.29, 0.717) is 22.0 Å². The topological polar surface area (TPSA) is 35.8 Å². The van der Waals surface area contributed by atoms with Gasteiger partial charge in [0.2, 0.25) is 0 Å². The molecule has 0 aromatic heterocycles. The molecule has 0 radical (unpaired) electrons. The number of nitriles is 1. The van der Waals surface area contributed by atoms with Crippen molar-refractivity contribution in [2.75, 3.05) is 5.32 Å².